The van der Waals surface area contributed by atoms with Gasteiger partial charge >= 0.3 is 0 Å². The molecule has 0 amide bonds. The molecule has 1 saturated carbocycles. The average molecular weight is 1020 g/mol. The van der Waals surface area contributed by atoms with Crippen LogP contribution in [0.25, 0.3) is 44.1 Å². The van der Waals surface area contributed by atoms with E-state index in [1.807, 2.05) is 52.8 Å². The smallest absolute Gasteiger partial charge is 0.239 e. The van der Waals surface area contributed by atoms with Gasteiger partial charge in [-0.1, -0.05) is 112 Å². The first-order chi connectivity index (χ1) is 30.8. The Kier molecular flexibility index (Phi) is 16.9. The maximum atomic E-state index is 12.2. The molecule has 331 valence electrons. The monoisotopic (exact) mass is 1020 g/mol. The van der Waals surface area contributed by atoms with Gasteiger partial charge in [0.15, 0.2) is 5.78 Å². The number of fused-ring (bicyclic) bond motifs is 2. The Balaban J connectivity index is 0.000000220. The van der Waals surface area contributed by atoms with Crippen LogP contribution in [0.2, 0.25) is 0 Å². The van der Waals surface area contributed by atoms with Crippen LogP contribution in [-0.2, 0) is 24.9 Å². The molecule has 1 aliphatic carbocycles. The Labute approximate surface area is 388 Å². The van der Waals surface area contributed by atoms with Crippen LogP contribution in [0.3, 0.4) is 0 Å². The van der Waals surface area contributed by atoms with Crippen LogP contribution in [0.15, 0.2) is 96.9 Å². The minimum atomic E-state index is -2.46. The SMILES string of the molecule is CCC(CC)C(=O)/C=C(\O)C(CC)CC(F)F.[2H]c1nc(-c2[c-]c(C)cc(C)c2)c2ccc(C(C)C)cc2c1[2H].[2H]c1nc(-c2[c-]c(C)cc(C)c2)c2ccc(C3CCCC3)cc2c1[2H].[Ir]. The Morgan fingerprint density at radius 1 is 0.774 bits per heavy atom. The van der Waals surface area contributed by atoms with E-state index in [1.54, 1.807) is 6.92 Å². The van der Waals surface area contributed by atoms with Gasteiger partial charge in [-0.05, 0) is 100 Å². The number of carbonyl (C=O) groups is 1. The molecule has 2 aromatic heterocycles. The topological polar surface area (TPSA) is 63.1 Å². The molecule has 1 atom stereocenters. The van der Waals surface area contributed by atoms with Crippen molar-refractivity contribution in [1.82, 2.24) is 9.97 Å². The number of carbonyl (C=O) groups excluding carboxylic acids is 1. The van der Waals surface area contributed by atoms with Gasteiger partial charge < -0.3 is 15.1 Å². The summed E-state index contributed by atoms with van der Waals surface area (Å²) in [4.78, 5) is 20.5. The second-order valence-electron chi connectivity index (χ2n) is 16.9. The number of aryl methyl sites for hydroxylation is 4. The summed E-state index contributed by atoms with van der Waals surface area (Å²) < 4.78 is 57.3. The van der Waals surface area contributed by atoms with E-state index in [2.05, 4.69) is 85.3 Å². The van der Waals surface area contributed by atoms with E-state index >= 15 is 0 Å². The number of aromatic nitrogens is 2. The van der Waals surface area contributed by atoms with Crippen molar-refractivity contribution in [3.05, 3.63) is 142 Å². The van der Waals surface area contributed by atoms with Crippen molar-refractivity contribution in [1.29, 1.82) is 0 Å². The fourth-order valence-electron chi connectivity index (χ4n) is 8.27. The van der Waals surface area contributed by atoms with Gasteiger partial charge in [0.05, 0.1) is 11.2 Å². The second-order valence-corrected chi connectivity index (χ2v) is 16.9. The molecule has 0 spiro atoms. The first kappa shape index (κ1) is 44.0. The van der Waals surface area contributed by atoms with E-state index in [4.69, 9.17) is 5.48 Å². The second kappa shape index (κ2) is 23.7. The molecule has 1 N–H and O–H groups in total. The van der Waals surface area contributed by atoms with Crippen molar-refractivity contribution < 1.29 is 44.3 Å². The summed E-state index contributed by atoms with van der Waals surface area (Å²) >= 11 is 0. The van der Waals surface area contributed by atoms with Crippen molar-refractivity contribution in [3.63, 3.8) is 0 Å². The number of hydrogen-bond donors (Lipinski definition) is 1. The van der Waals surface area contributed by atoms with Crippen molar-refractivity contribution in [2.75, 3.05) is 0 Å². The molecule has 1 fully saturated rings. The van der Waals surface area contributed by atoms with Crippen LogP contribution in [0, 0.1) is 51.7 Å². The van der Waals surface area contributed by atoms with Crippen molar-refractivity contribution >= 4 is 27.3 Å². The maximum absolute atomic E-state index is 12.2. The number of allylic oxidation sites excluding steroid dienone is 2. The molecule has 0 bridgehead atoms. The molecular formula is C55H64F2IrN2O2-2. The van der Waals surface area contributed by atoms with Crippen LogP contribution >= 0.6 is 0 Å². The molecule has 1 aliphatic rings. The zero-order valence-electron chi connectivity index (χ0n) is 41.7. The van der Waals surface area contributed by atoms with Gasteiger partial charge in [-0.25, -0.2) is 8.78 Å². The third-order valence-electron chi connectivity index (χ3n) is 11.7. The molecule has 2 heterocycles. The zero-order valence-corrected chi connectivity index (χ0v) is 40.1. The number of benzene rings is 4. The number of aliphatic hydroxyl groups is 1. The molecule has 4 nitrogen and oxygen atoms in total. The molecular weight excluding hydrogens is 951 g/mol. The summed E-state index contributed by atoms with van der Waals surface area (Å²) in [5.74, 6) is -0.126. The fourth-order valence-corrected chi connectivity index (χ4v) is 8.27. The molecule has 7 rings (SSSR count). The van der Waals surface area contributed by atoms with E-state index in [0.29, 0.717) is 31.1 Å². The van der Waals surface area contributed by atoms with E-state index < -0.39 is 18.8 Å². The van der Waals surface area contributed by atoms with Crippen LogP contribution in [0.4, 0.5) is 8.78 Å². The van der Waals surface area contributed by atoms with Crippen molar-refractivity contribution in [3.8, 4) is 22.5 Å². The van der Waals surface area contributed by atoms with Crippen molar-refractivity contribution in [2.24, 2.45) is 11.8 Å². The van der Waals surface area contributed by atoms with E-state index in [-0.39, 0.29) is 62.0 Å². The Morgan fingerprint density at radius 3 is 1.74 bits per heavy atom. The summed E-state index contributed by atoms with van der Waals surface area (Å²) in [6, 6.07) is 27.9. The van der Waals surface area contributed by atoms with Crippen LogP contribution in [0.5, 0.6) is 0 Å². The summed E-state index contributed by atoms with van der Waals surface area (Å²) in [7, 11) is 0. The molecule has 6 aromatic rings. The number of nitrogens with zero attached hydrogens (tertiary/aromatic N) is 2. The summed E-state index contributed by atoms with van der Waals surface area (Å²) in [5, 5.41) is 13.2. The van der Waals surface area contributed by atoms with Gasteiger partial charge in [0, 0.05) is 56.8 Å². The fraction of sp³-hybridized carbons (Fsp3) is 0.400. The number of rotatable bonds is 12. The molecule has 0 saturated heterocycles. The number of hydrogen-bond acceptors (Lipinski definition) is 4. The largest absolute Gasteiger partial charge is 0.512 e. The summed E-state index contributed by atoms with van der Waals surface area (Å²) in [6.07, 6.45) is 5.18. The summed E-state index contributed by atoms with van der Waals surface area (Å²) in [5.41, 5.74) is 10.2. The number of ketones is 1. The quantitative estimate of drug-likeness (QED) is 0.0754. The van der Waals surface area contributed by atoms with Crippen molar-refractivity contribution in [2.45, 2.75) is 132 Å². The van der Waals surface area contributed by atoms with Crippen LogP contribution < -0.4 is 0 Å². The maximum Gasteiger partial charge on any atom is 0.239 e. The Morgan fingerprint density at radius 2 is 1.27 bits per heavy atom. The minimum absolute atomic E-state index is 0. The Hall–Kier alpha value is -4.58. The van der Waals surface area contributed by atoms with Gasteiger partial charge in [0.1, 0.15) is 0 Å². The molecule has 1 radical (unpaired) electrons. The Bertz CT molecular complexity index is 2620. The van der Waals surface area contributed by atoms with E-state index in [1.165, 1.54) is 36.8 Å². The average Bonchev–Trinajstić information content (AvgIpc) is 3.81. The molecule has 4 aromatic carbocycles. The number of aliphatic hydroxyl groups excluding tert-OH is 1. The minimum Gasteiger partial charge on any atom is -0.512 e. The van der Waals surface area contributed by atoms with Gasteiger partial charge in [-0.3, -0.25) is 4.79 Å². The third-order valence-corrected chi connectivity index (χ3v) is 11.7. The zero-order chi connectivity index (χ0) is 47.7. The standard InChI is InChI=1S/C22H22N.C20H20N.C13H22F2O2.Ir/c1-15-11-16(2)13-20(12-15)22-21-8-7-18(17-5-3-4-6-17)14-19(21)9-10-23-22;1-13(2)16-5-6-19-17(12-16)7-8-21-20(19)18-10-14(3)9-15(4)11-18;1-4-9(5-2)11(16)8-12(17)10(6-3)7-13(14)15;/h7-12,14,17H,3-6H2,1-2H3;5-10,12-13H,1-4H3;8-10,13,17H,4-7H2,1-3H3;/q2*-1;;/b;;12-8-;/i9D,10D;7D,8D;;. The number of halogens is 2. The molecule has 1 unspecified atom stereocenters. The predicted octanol–water partition coefficient (Wildman–Crippen LogP) is 15.5. The van der Waals surface area contributed by atoms with E-state index in [9.17, 15) is 18.7 Å². The van der Waals surface area contributed by atoms with Gasteiger partial charge in [0.2, 0.25) is 6.43 Å². The molecule has 0 aliphatic heterocycles. The molecule has 62 heavy (non-hydrogen) atoms. The first-order valence-corrected chi connectivity index (χ1v) is 21.9. The van der Waals surface area contributed by atoms with Gasteiger partial charge in [-0.15, -0.1) is 69.8 Å². The normalized spacial score (nSPS) is 14.4. The first-order valence-electron chi connectivity index (χ1n) is 23.9. The predicted molar refractivity (Wildman–Crippen MR) is 250 cm³/mol. The van der Waals surface area contributed by atoms with Gasteiger partial charge in [-0.2, -0.15) is 0 Å². The van der Waals surface area contributed by atoms with E-state index in [0.717, 1.165) is 72.4 Å². The number of pyridine rings is 2. The van der Waals surface area contributed by atoms with Crippen LogP contribution in [-0.4, -0.2) is 27.3 Å². The molecule has 7 heteroatoms. The van der Waals surface area contributed by atoms with Gasteiger partial charge in [0.25, 0.3) is 0 Å². The third kappa shape index (κ3) is 13.5. The summed E-state index contributed by atoms with van der Waals surface area (Å²) in [6.45, 7) is 17.9. The van der Waals surface area contributed by atoms with Crippen LogP contribution in [0.1, 0.15) is 137 Å². The number of alkyl halides is 2.